The van der Waals surface area contributed by atoms with Crippen molar-refractivity contribution in [2.24, 2.45) is 0 Å². The average Bonchev–Trinajstić information content (AvgIpc) is 3.00. The fourth-order valence-electron chi connectivity index (χ4n) is 3.06. The molecule has 32 heavy (non-hydrogen) atoms. The van der Waals surface area contributed by atoms with E-state index in [-0.39, 0.29) is 0 Å². The number of nitrogens with zero attached hydrogens (tertiary/aromatic N) is 2. The normalized spacial score (nSPS) is 12.0. The molecule has 0 radical (unpaired) electrons. The number of nitrogens with one attached hydrogen (secondary N) is 1. The molecule has 0 saturated carbocycles. The second-order valence-electron chi connectivity index (χ2n) is 7.01. The highest BCUT2D eigenvalue weighted by Crippen LogP contribution is 2.24. The van der Waals surface area contributed by atoms with Crippen LogP contribution in [0.15, 0.2) is 64.5 Å². The molecule has 1 N–H and O–H groups in total. The van der Waals surface area contributed by atoms with E-state index in [0.717, 1.165) is 21.3 Å². The SMILES string of the molecule is Cc1nc(C)n(Cc2ccc(Br)cc2Cl)c1/C=C/C(=O)NS(=O)(=O)/C=C/c1ccccc1. The molecule has 0 aliphatic carbocycles. The lowest BCUT2D eigenvalue weighted by Crippen LogP contribution is -2.26. The number of carbonyl (C=O) groups excluding carboxylic acids is 1. The lowest BCUT2D eigenvalue weighted by atomic mass is 10.2. The fraction of sp³-hybridized carbons (Fsp3) is 0.130. The van der Waals surface area contributed by atoms with E-state index in [9.17, 15) is 13.2 Å². The second-order valence-corrected chi connectivity index (χ2v) is 9.90. The number of halogens is 2. The molecule has 3 rings (SSSR count). The highest BCUT2D eigenvalue weighted by Gasteiger charge is 2.13. The predicted octanol–water partition coefficient (Wildman–Crippen LogP) is 5.09. The minimum absolute atomic E-state index is 0.457. The molecule has 6 nitrogen and oxygen atoms in total. The molecule has 0 unspecified atom stereocenters. The Hall–Kier alpha value is -2.68. The molecule has 1 aromatic heterocycles. The Kier molecular flexibility index (Phi) is 7.71. The van der Waals surface area contributed by atoms with Gasteiger partial charge in [-0.3, -0.25) is 4.79 Å². The number of aryl methyl sites for hydroxylation is 2. The van der Waals surface area contributed by atoms with Crippen molar-refractivity contribution in [1.82, 2.24) is 14.3 Å². The summed E-state index contributed by atoms with van der Waals surface area (Å²) in [4.78, 5) is 16.7. The van der Waals surface area contributed by atoms with Gasteiger partial charge in [-0.05, 0) is 49.3 Å². The summed E-state index contributed by atoms with van der Waals surface area (Å²) in [5.74, 6) is -0.00542. The summed E-state index contributed by atoms with van der Waals surface area (Å²) in [6, 6.07) is 14.6. The number of hydrogen-bond acceptors (Lipinski definition) is 4. The van der Waals surface area contributed by atoms with Gasteiger partial charge in [0.05, 0.1) is 23.3 Å². The molecule has 0 fully saturated rings. The Bertz CT molecular complexity index is 1300. The molecular formula is C23H21BrClN3O3S. The van der Waals surface area contributed by atoms with Gasteiger partial charge in [-0.25, -0.2) is 18.1 Å². The molecule has 0 atom stereocenters. The van der Waals surface area contributed by atoms with Crippen molar-refractivity contribution in [2.75, 3.05) is 0 Å². The van der Waals surface area contributed by atoms with Crippen molar-refractivity contribution in [1.29, 1.82) is 0 Å². The monoisotopic (exact) mass is 533 g/mol. The number of imidazole rings is 1. The Morgan fingerprint density at radius 3 is 2.56 bits per heavy atom. The predicted molar refractivity (Wildman–Crippen MR) is 132 cm³/mol. The molecule has 166 valence electrons. The molecule has 0 spiro atoms. The zero-order valence-electron chi connectivity index (χ0n) is 17.4. The van der Waals surface area contributed by atoms with Gasteiger partial charge in [0.15, 0.2) is 0 Å². The van der Waals surface area contributed by atoms with E-state index in [4.69, 9.17) is 11.6 Å². The van der Waals surface area contributed by atoms with Gasteiger partial charge >= 0.3 is 0 Å². The summed E-state index contributed by atoms with van der Waals surface area (Å²) in [5, 5.41) is 1.57. The zero-order valence-corrected chi connectivity index (χ0v) is 20.6. The van der Waals surface area contributed by atoms with Gasteiger partial charge in [-0.1, -0.05) is 63.9 Å². The van der Waals surface area contributed by atoms with Crippen LogP contribution in [0.2, 0.25) is 5.02 Å². The van der Waals surface area contributed by atoms with E-state index in [1.807, 2.05) is 47.4 Å². The van der Waals surface area contributed by atoms with E-state index in [1.54, 1.807) is 30.3 Å². The fourth-order valence-corrected chi connectivity index (χ4v) is 4.54. The molecular weight excluding hydrogens is 514 g/mol. The van der Waals surface area contributed by atoms with Crippen molar-refractivity contribution in [3.05, 3.63) is 97.8 Å². The summed E-state index contributed by atoms with van der Waals surface area (Å²) < 4.78 is 29.2. The van der Waals surface area contributed by atoms with Crippen LogP contribution in [0.3, 0.4) is 0 Å². The second kappa shape index (κ2) is 10.3. The van der Waals surface area contributed by atoms with E-state index < -0.39 is 15.9 Å². The van der Waals surface area contributed by atoms with Crippen molar-refractivity contribution in [3.63, 3.8) is 0 Å². The first kappa shape index (κ1) is 24.0. The van der Waals surface area contributed by atoms with Crippen LogP contribution in [-0.2, 0) is 21.4 Å². The van der Waals surface area contributed by atoms with Crippen molar-refractivity contribution < 1.29 is 13.2 Å². The van der Waals surface area contributed by atoms with Gasteiger partial charge in [0.2, 0.25) is 0 Å². The van der Waals surface area contributed by atoms with Crippen LogP contribution in [0.4, 0.5) is 0 Å². The van der Waals surface area contributed by atoms with Crippen LogP contribution < -0.4 is 4.72 Å². The first-order valence-corrected chi connectivity index (χ1v) is 12.3. The first-order chi connectivity index (χ1) is 15.1. The van der Waals surface area contributed by atoms with Crippen molar-refractivity contribution in [2.45, 2.75) is 20.4 Å². The number of sulfonamides is 1. The Labute approximate surface area is 200 Å². The lowest BCUT2D eigenvalue weighted by molar-refractivity contribution is -0.114. The molecule has 0 saturated heterocycles. The zero-order chi connectivity index (χ0) is 23.3. The molecule has 1 amide bonds. The van der Waals surface area contributed by atoms with Gasteiger partial charge in [0, 0.05) is 15.6 Å². The summed E-state index contributed by atoms with van der Waals surface area (Å²) in [6.07, 6.45) is 4.15. The Morgan fingerprint density at radius 1 is 1.16 bits per heavy atom. The van der Waals surface area contributed by atoms with E-state index >= 15 is 0 Å². The smallest absolute Gasteiger partial charge is 0.257 e. The minimum Gasteiger partial charge on any atom is -0.324 e. The van der Waals surface area contributed by atoms with Crippen molar-refractivity contribution in [3.8, 4) is 0 Å². The van der Waals surface area contributed by atoms with Crippen LogP contribution >= 0.6 is 27.5 Å². The topological polar surface area (TPSA) is 81.1 Å². The highest BCUT2D eigenvalue weighted by atomic mass is 79.9. The summed E-state index contributed by atoms with van der Waals surface area (Å²) in [6.45, 7) is 4.14. The third kappa shape index (κ3) is 6.41. The third-order valence-electron chi connectivity index (χ3n) is 4.60. The molecule has 9 heteroatoms. The maximum atomic E-state index is 12.3. The molecule has 0 aliphatic heterocycles. The number of amides is 1. The minimum atomic E-state index is -3.93. The number of hydrogen-bond donors (Lipinski definition) is 1. The van der Waals surface area contributed by atoms with Crippen molar-refractivity contribution >= 4 is 55.6 Å². The molecule has 0 aliphatic rings. The summed E-state index contributed by atoms with van der Waals surface area (Å²) in [7, 11) is -3.93. The number of carbonyl (C=O) groups is 1. The first-order valence-electron chi connectivity index (χ1n) is 9.60. The molecule has 3 aromatic rings. The van der Waals surface area contributed by atoms with Crippen LogP contribution in [0, 0.1) is 13.8 Å². The summed E-state index contributed by atoms with van der Waals surface area (Å²) >= 11 is 9.74. The molecule has 2 aromatic carbocycles. The average molecular weight is 535 g/mol. The Balaban J connectivity index is 1.76. The number of aromatic nitrogens is 2. The van der Waals surface area contributed by atoms with Crippen LogP contribution in [0.1, 0.15) is 28.3 Å². The van der Waals surface area contributed by atoms with E-state index in [1.165, 1.54) is 12.2 Å². The van der Waals surface area contributed by atoms with Gasteiger partial charge < -0.3 is 4.57 Å². The third-order valence-corrected chi connectivity index (χ3v) is 6.43. The van der Waals surface area contributed by atoms with Gasteiger partial charge in [-0.15, -0.1) is 0 Å². The maximum absolute atomic E-state index is 12.3. The van der Waals surface area contributed by atoms with E-state index in [2.05, 4.69) is 20.9 Å². The lowest BCUT2D eigenvalue weighted by Gasteiger charge is -2.10. The van der Waals surface area contributed by atoms with Gasteiger partial charge in [-0.2, -0.15) is 0 Å². The standard InChI is InChI=1S/C23H21BrClN3O3S/c1-16-22(28(17(2)26-16)15-19-8-9-20(24)14-21(19)25)10-11-23(29)27-32(30,31)13-12-18-6-4-3-5-7-18/h3-14H,15H2,1-2H3,(H,27,29)/b11-10+,13-12+. The maximum Gasteiger partial charge on any atom is 0.257 e. The Morgan fingerprint density at radius 2 is 1.88 bits per heavy atom. The van der Waals surface area contributed by atoms with Crippen LogP contribution in [0.25, 0.3) is 12.2 Å². The van der Waals surface area contributed by atoms with Crippen LogP contribution in [-0.4, -0.2) is 23.9 Å². The quantitative estimate of drug-likeness (QED) is 0.428. The number of rotatable bonds is 7. The highest BCUT2D eigenvalue weighted by molar-refractivity contribution is 9.10. The molecule has 1 heterocycles. The molecule has 0 bridgehead atoms. The van der Waals surface area contributed by atoms with Gasteiger partial charge in [0.1, 0.15) is 5.82 Å². The largest absolute Gasteiger partial charge is 0.324 e. The number of benzene rings is 2. The van der Waals surface area contributed by atoms with Crippen LogP contribution in [0.5, 0.6) is 0 Å². The van der Waals surface area contributed by atoms with E-state index in [0.29, 0.717) is 28.5 Å². The summed E-state index contributed by atoms with van der Waals surface area (Å²) in [5.41, 5.74) is 3.01. The van der Waals surface area contributed by atoms with Gasteiger partial charge in [0.25, 0.3) is 15.9 Å².